The van der Waals surface area contributed by atoms with Crippen LogP contribution in [0.2, 0.25) is 0 Å². The molecule has 0 aliphatic rings. The first kappa shape index (κ1) is 9.10. The molecule has 0 bridgehead atoms. The molecular formula is C10H5F2NS. The molecule has 0 unspecified atom stereocenters. The molecule has 0 amide bonds. The highest BCUT2D eigenvalue weighted by Crippen LogP contribution is 2.27. The highest BCUT2D eigenvalue weighted by atomic mass is 32.1. The van der Waals surface area contributed by atoms with E-state index in [1.807, 2.05) is 0 Å². The largest absolute Gasteiger partial charge is 0.203 e. The maximum absolute atomic E-state index is 13.3. The Hall–Kier alpha value is -1.47. The van der Waals surface area contributed by atoms with Crippen molar-refractivity contribution in [1.82, 2.24) is 0 Å². The summed E-state index contributed by atoms with van der Waals surface area (Å²) in [5.74, 6) is -1.76. The molecule has 2 rings (SSSR count). The second kappa shape index (κ2) is 3.35. The smallest absolute Gasteiger partial charge is 0.167 e. The summed E-state index contributed by atoms with van der Waals surface area (Å²) in [7, 11) is 0. The number of hydrogen-bond donors (Lipinski definition) is 0. The van der Waals surface area contributed by atoms with Crippen LogP contribution in [0.25, 0.3) is 10.1 Å². The van der Waals surface area contributed by atoms with Crippen molar-refractivity contribution in [2.24, 2.45) is 0 Å². The van der Waals surface area contributed by atoms with Gasteiger partial charge in [-0.05, 0) is 17.5 Å². The Labute approximate surface area is 83.2 Å². The zero-order valence-electron chi connectivity index (χ0n) is 7.05. The van der Waals surface area contributed by atoms with Crippen molar-refractivity contribution in [3.8, 4) is 6.07 Å². The topological polar surface area (TPSA) is 23.8 Å². The molecule has 0 saturated heterocycles. The maximum atomic E-state index is 13.3. The highest BCUT2D eigenvalue weighted by Gasteiger charge is 2.13. The summed E-state index contributed by atoms with van der Waals surface area (Å²) in [4.78, 5) is 0. The van der Waals surface area contributed by atoms with Gasteiger partial charge in [0.15, 0.2) is 11.6 Å². The number of thiophene rings is 1. The first-order valence-corrected chi connectivity index (χ1v) is 4.83. The van der Waals surface area contributed by atoms with Gasteiger partial charge in [0.1, 0.15) is 0 Å². The zero-order chi connectivity index (χ0) is 10.1. The van der Waals surface area contributed by atoms with Crippen LogP contribution < -0.4 is 0 Å². The van der Waals surface area contributed by atoms with E-state index in [4.69, 9.17) is 5.26 Å². The summed E-state index contributed by atoms with van der Waals surface area (Å²) in [5, 5.41) is 10.4. The Kier molecular flexibility index (Phi) is 2.18. The Morgan fingerprint density at radius 3 is 2.86 bits per heavy atom. The summed E-state index contributed by atoms with van der Waals surface area (Å²) in [6.07, 6.45) is -0.101. The van der Waals surface area contributed by atoms with Crippen molar-refractivity contribution >= 4 is 21.4 Å². The van der Waals surface area contributed by atoms with Crippen LogP contribution >= 0.6 is 11.3 Å². The van der Waals surface area contributed by atoms with Crippen LogP contribution in [0.15, 0.2) is 17.5 Å². The molecule has 0 fully saturated rings. The molecular weight excluding hydrogens is 204 g/mol. The first-order valence-electron chi connectivity index (χ1n) is 3.95. The van der Waals surface area contributed by atoms with E-state index in [0.29, 0.717) is 4.70 Å². The molecule has 0 spiro atoms. The average molecular weight is 209 g/mol. The minimum Gasteiger partial charge on any atom is -0.203 e. The van der Waals surface area contributed by atoms with Gasteiger partial charge in [-0.2, -0.15) is 5.26 Å². The summed E-state index contributed by atoms with van der Waals surface area (Å²) in [6.45, 7) is 0. The summed E-state index contributed by atoms with van der Waals surface area (Å²) in [6, 6.07) is 4.87. The number of nitrogens with zero attached hydrogens (tertiary/aromatic N) is 1. The molecule has 2 aromatic rings. The van der Waals surface area contributed by atoms with Gasteiger partial charge in [-0.25, -0.2) is 8.78 Å². The second-order valence-corrected chi connectivity index (χ2v) is 3.78. The SMILES string of the molecule is N#CCc1cc2sccc2c(F)c1F. The molecule has 1 heterocycles. The predicted octanol–water partition coefficient (Wildman–Crippen LogP) is 3.25. The van der Waals surface area contributed by atoms with Gasteiger partial charge in [0.05, 0.1) is 12.5 Å². The van der Waals surface area contributed by atoms with Gasteiger partial charge in [0, 0.05) is 15.6 Å². The molecule has 0 N–H and O–H groups in total. The Balaban J connectivity index is 2.75. The van der Waals surface area contributed by atoms with E-state index in [-0.39, 0.29) is 17.4 Å². The van der Waals surface area contributed by atoms with E-state index < -0.39 is 11.6 Å². The van der Waals surface area contributed by atoms with Crippen LogP contribution in [-0.2, 0) is 6.42 Å². The standard InChI is InChI=1S/C10H5F2NS/c11-9-6(1-3-13)5-8-7(10(9)12)2-4-14-8/h2,4-5H,1H2. The van der Waals surface area contributed by atoms with Crippen LogP contribution in [0.4, 0.5) is 8.78 Å². The fourth-order valence-electron chi connectivity index (χ4n) is 1.31. The molecule has 1 nitrogen and oxygen atoms in total. The lowest BCUT2D eigenvalue weighted by atomic mass is 10.1. The van der Waals surface area contributed by atoms with Crippen LogP contribution in [0.1, 0.15) is 5.56 Å². The van der Waals surface area contributed by atoms with Crippen LogP contribution in [0, 0.1) is 23.0 Å². The molecule has 0 aliphatic carbocycles. The quantitative estimate of drug-likeness (QED) is 0.707. The molecule has 1 aromatic carbocycles. The molecule has 4 heteroatoms. The van der Waals surface area contributed by atoms with Crippen LogP contribution in [0.5, 0.6) is 0 Å². The third kappa shape index (κ3) is 1.26. The fourth-order valence-corrected chi connectivity index (χ4v) is 2.15. The lowest BCUT2D eigenvalue weighted by Gasteiger charge is -2.00. The monoisotopic (exact) mass is 209 g/mol. The Morgan fingerprint density at radius 1 is 1.36 bits per heavy atom. The molecule has 0 saturated carbocycles. The van der Waals surface area contributed by atoms with Crippen molar-refractivity contribution in [2.75, 3.05) is 0 Å². The van der Waals surface area contributed by atoms with Crippen molar-refractivity contribution in [2.45, 2.75) is 6.42 Å². The van der Waals surface area contributed by atoms with Crippen molar-refractivity contribution in [3.63, 3.8) is 0 Å². The van der Waals surface area contributed by atoms with E-state index in [9.17, 15) is 8.78 Å². The number of fused-ring (bicyclic) bond motifs is 1. The lowest BCUT2D eigenvalue weighted by Crippen LogP contribution is -1.93. The highest BCUT2D eigenvalue weighted by molar-refractivity contribution is 7.17. The van der Waals surface area contributed by atoms with Crippen molar-refractivity contribution < 1.29 is 8.78 Å². The van der Waals surface area contributed by atoms with E-state index >= 15 is 0 Å². The maximum Gasteiger partial charge on any atom is 0.167 e. The van der Waals surface area contributed by atoms with E-state index in [1.54, 1.807) is 11.4 Å². The minimum absolute atomic E-state index is 0.101. The molecule has 0 atom stereocenters. The van der Waals surface area contributed by atoms with Crippen LogP contribution in [0.3, 0.4) is 0 Å². The average Bonchev–Trinajstić information content (AvgIpc) is 2.62. The third-order valence-electron chi connectivity index (χ3n) is 1.98. The number of rotatable bonds is 1. The fraction of sp³-hybridized carbons (Fsp3) is 0.100. The van der Waals surface area contributed by atoms with Crippen molar-refractivity contribution in [1.29, 1.82) is 5.26 Å². The first-order chi connectivity index (χ1) is 6.74. The van der Waals surface area contributed by atoms with Gasteiger partial charge in [-0.1, -0.05) is 0 Å². The molecule has 0 radical (unpaired) electrons. The molecule has 0 aliphatic heterocycles. The lowest BCUT2D eigenvalue weighted by molar-refractivity contribution is 0.510. The van der Waals surface area contributed by atoms with Gasteiger partial charge >= 0.3 is 0 Å². The summed E-state index contributed by atoms with van der Waals surface area (Å²) < 4.78 is 27.3. The number of hydrogen-bond acceptors (Lipinski definition) is 2. The van der Waals surface area contributed by atoms with Gasteiger partial charge < -0.3 is 0 Å². The molecule has 70 valence electrons. The number of benzene rings is 1. The van der Waals surface area contributed by atoms with Gasteiger partial charge in [-0.3, -0.25) is 0 Å². The van der Waals surface area contributed by atoms with E-state index in [0.717, 1.165) is 0 Å². The minimum atomic E-state index is -0.905. The Morgan fingerprint density at radius 2 is 2.14 bits per heavy atom. The second-order valence-electron chi connectivity index (χ2n) is 2.83. The van der Waals surface area contributed by atoms with Gasteiger partial charge in [0.25, 0.3) is 0 Å². The normalized spacial score (nSPS) is 10.4. The zero-order valence-corrected chi connectivity index (χ0v) is 7.87. The predicted molar refractivity (Wildman–Crippen MR) is 51.1 cm³/mol. The molecule has 14 heavy (non-hydrogen) atoms. The summed E-state index contributed by atoms with van der Waals surface area (Å²) >= 11 is 1.33. The van der Waals surface area contributed by atoms with Gasteiger partial charge in [0.2, 0.25) is 0 Å². The van der Waals surface area contributed by atoms with Crippen LogP contribution in [-0.4, -0.2) is 0 Å². The third-order valence-corrected chi connectivity index (χ3v) is 2.84. The van der Waals surface area contributed by atoms with Gasteiger partial charge in [-0.15, -0.1) is 11.3 Å². The summed E-state index contributed by atoms with van der Waals surface area (Å²) in [5.41, 5.74) is 0.125. The number of nitriles is 1. The Bertz CT molecular complexity index is 525. The van der Waals surface area contributed by atoms with E-state index in [2.05, 4.69) is 0 Å². The van der Waals surface area contributed by atoms with Crippen molar-refractivity contribution in [3.05, 3.63) is 34.7 Å². The number of halogens is 2. The molecule has 1 aromatic heterocycles. The van der Waals surface area contributed by atoms with E-state index in [1.165, 1.54) is 23.5 Å².